The molecule has 0 fully saturated rings. The number of methoxy groups -OCH3 is 1. The molecule has 0 bridgehead atoms. The Kier molecular flexibility index (Phi) is 7.59. The van der Waals surface area contributed by atoms with Gasteiger partial charge in [0.25, 0.3) is 0 Å². The Bertz CT molecular complexity index is 507. The van der Waals surface area contributed by atoms with Crippen LogP contribution in [0.3, 0.4) is 0 Å². The summed E-state index contributed by atoms with van der Waals surface area (Å²) in [5, 5.41) is 6.19. The van der Waals surface area contributed by atoms with Crippen molar-refractivity contribution in [2.45, 2.75) is 20.4 Å². The molecular weight excluding hydrogens is 266 g/mol. The third-order valence-corrected chi connectivity index (χ3v) is 2.65. The summed E-state index contributed by atoms with van der Waals surface area (Å²) in [7, 11) is 1.63. The van der Waals surface area contributed by atoms with E-state index < -0.39 is 0 Å². The Labute approximate surface area is 126 Å². The quantitative estimate of drug-likeness (QED) is 0.456. The number of aliphatic imine (C=N–C) groups is 1. The third-order valence-electron chi connectivity index (χ3n) is 2.65. The fraction of sp³-hybridized carbons (Fsp3) is 0.438. The van der Waals surface area contributed by atoms with Gasteiger partial charge in [-0.25, -0.2) is 4.99 Å². The van der Waals surface area contributed by atoms with Gasteiger partial charge in [0, 0.05) is 6.54 Å². The average Bonchev–Trinajstić information content (AvgIpc) is 2.50. The van der Waals surface area contributed by atoms with E-state index in [4.69, 9.17) is 15.9 Å². The molecule has 1 aromatic carbocycles. The molecule has 0 spiro atoms. The van der Waals surface area contributed by atoms with Crippen LogP contribution < -0.4 is 20.1 Å². The van der Waals surface area contributed by atoms with E-state index in [1.165, 1.54) is 0 Å². The SMILES string of the molecule is C#CCNC(=NCc1ccc(OC)c(OCC)c1)NCC. The normalized spacial score (nSPS) is 10.7. The molecule has 0 saturated heterocycles. The van der Waals surface area contributed by atoms with Crippen molar-refractivity contribution in [2.24, 2.45) is 4.99 Å². The van der Waals surface area contributed by atoms with Crippen LogP contribution >= 0.6 is 0 Å². The molecule has 0 aliphatic heterocycles. The van der Waals surface area contributed by atoms with Crippen molar-refractivity contribution < 1.29 is 9.47 Å². The van der Waals surface area contributed by atoms with Gasteiger partial charge in [0.15, 0.2) is 17.5 Å². The van der Waals surface area contributed by atoms with E-state index in [1.54, 1.807) is 7.11 Å². The van der Waals surface area contributed by atoms with Crippen LogP contribution in [0.4, 0.5) is 0 Å². The average molecular weight is 289 g/mol. The molecule has 0 aromatic heterocycles. The number of terminal acetylenes is 1. The van der Waals surface area contributed by atoms with Crippen molar-refractivity contribution >= 4 is 5.96 Å². The number of guanidine groups is 1. The second-order valence-electron chi connectivity index (χ2n) is 4.17. The van der Waals surface area contributed by atoms with Crippen LogP contribution in [0.5, 0.6) is 11.5 Å². The summed E-state index contributed by atoms with van der Waals surface area (Å²) < 4.78 is 10.8. The predicted octanol–water partition coefficient (Wildman–Crippen LogP) is 1.78. The van der Waals surface area contributed by atoms with Gasteiger partial charge in [-0.1, -0.05) is 12.0 Å². The lowest BCUT2D eigenvalue weighted by atomic mass is 10.2. The van der Waals surface area contributed by atoms with Crippen molar-refractivity contribution in [2.75, 3.05) is 26.8 Å². The van der Waals surface area contributed by atoms with Gasteiger partial charge in [0.2, 0.25) is 0 Å². The van der Waals surface area contributed by atoms with Crippen LogP contribution in [0, 0.1) is 12.3 Å². The van der Waals surface area contributed by atoms with E-state index in [2.05, 4.69) is 21.5 Å². The summed E-state index contributed by atoms with van der Waals surface area (Å²) >= 11 is 0. The Morgan fingerprint density at radius 1 is 1.29 bits per heavy atom. The second-order valence-corrected chi connectivity index (χ2v) is 4.17. The number of nitrogens with one attached hydrogen (secondary N) is 2. The number of benzene rings is 1. The first-order valence-corrected chi connectivity index (χ1v) is 7.00. The smallest absolute Gasteiger partial charge is 0.192 e. The van der Waals surface area contributed by atoms with Gasteiger partial charge in [0.1, 0.15) is 0 Å². The fourth-order valence-corrected chi connectivity index (χ4v) is 1.73. The van der Waals surface area contributed by atoms with Crippen molar-refractivity contribution in [3.63, 3.8) is 0 Å². The largest absolute Gasteiger partial charge is 0.493 e. The highest BCUT2D eigenvalue weighted by Gasteiger charge is 2.05. The van der Waals surface area contributed by atoms with E-state index in [-0.39, 0.29) is 0 Å². The first-order valence-electron chi connectivity index (χ1n) is 7.00. The molecule has 0 unspecified atom stereocenters. The summed E-state index contributed by atoms with van der Waals surface area (Å²) in [5.41, 5.74) is 1.04. The Morgan fingerprint density at radius 2 is 2.10 bits per heavy atom. The number of rotatable bonds is 7. The maximum atomic E-state index is 5.56. The van der Waals surface area contributed by atoms with Crippen LogP contribution in [-0.4, -0.2) is 32.8 Å². The molecule has 114 valence electrons. The topological polar surface area (TPSA) is 54.9 Å². The molecule has 0 radical (unpaired) electrons. The van der Waals surface area contributed by atoms with Crippen LogP contribution in [-0.2, 0) is 6.54 Å². The van der Waals surface area contributed by atoms with Gasteiger partial charge in [-0.3, -0.25) is 0 Å². The second kappa shape index (κ2) is 9.54. The lowest BCUT2D eigenvalue weighted by molar-refractivity contribution is 0.310. The zero-order valence-corrected chi connectivity index (χ0v) is 12.9. The fourth-order valence-electron chi connectivity index (χ4n) is 1.73. The monoisotopic (exact) mass is 289 g/mol. The van der Waals surface area contributed by atoms with Gasteiger partial charge in [0.05, 0.1) is 26.8 Å². The Morgan fingerprint density at radius 3 is 2.71 bits per heavy atom. The molecule has 5 nitrogen and oxygen atoms in total. The number of hydrogen-bond donors (Lipinski definition) is 2. The summed E-state index contributed by atoms with van der Waals surface area (Å²) in [6, 6.07) is 5.80. The predicted molar refractivity (Wildman–Crippen MR) is 85.8 cm³/mol. The summed E-state index contributed by atoms with van der Waals surface area (Å²) in [4.78, 5) is 4.48. The highest BCUT2D eigenvalue weighted by molar-refractivity contribution is 5.80. The zero-order valence-electron chi connectivity index (χ0n) is 12.9. The number of hydrogen-bond acceptors (Lipinski definition) is 3. The molecule has 0 aliphatic rings. The van der Waals surface area contributed by atoms with Crippen molar-refractivity contribution in [3.05, 3.63) is 23.8 Å². The van der Waals surface area contributed by atoms with E-state index >= 15 is 0 Å². The third kappa shape index (κ3) is 5.65. The minimum atomic E-state index is 0.443. The minimum absolute atomic E-state index is 0.443. The Balaban J connectivity index is 2.80. The Hall–Kier alpha value is -2.35. The van der Waals surface area contributed by atoms with Gasteiger partial charge in [-0.2, -0.15) is 0 Å². The maximum Gasteiger partial charge on any atom is 0.192 e. The van der Waals surface area contributed by atoms with E-state index in [9.17, 15) is 0 Å². The van der Waals surface area contributed by atoms with Crippen molar-refractivity contribution in [1.29, 1.82) is 0 Å². The lowest BCUT2D eigenvalue weighted by Gasteiger charge is -2.11. The number of nitrogens with zero attached hydrogens (tertiary/aromatic N) is 1. The molecule has 21 heavy (non-hydrogen) atoms. The highest BCUT2D eigenvalue weighted by Crippen LogP contribution is 2.28. The molecule has 0 amide bonds. The molecular formula is C16H23N3O2. The minimum Gasteiger partial charge on any atom is -0.493 e. The molecule has 1 aromatic rings. The molecule has 1 rings (SSSR count). The van der Waals surface area contributed by atoms with Gasteiger partial charge in [-0.05, 0) is 31.5 Å². The van der Waals surface area contributed by atoms with E-state index in [0.717, 1.165) is 23.6 Å². The van der Waals surface area contributed by atoms with Gasteiger partial charge >= 0.3 is 0 Å². The van der Waals surface area contributed by atoms with Crippen molar-refractivity contribution in [1.82, 2.24) is 10.6 Å². The summed E-state index contributed by atoms with van der Waals surface area (Å²) in [6.45, 7) is 6.30. The highest BCUT2D eigenvalue weighted by atomic mass is 16.5. The van der Waals surface area contributed by atoms with E-state index in [1.807, 2.05) is 32.0 Å². The molecule has 0 atom stereocenters. The number of ether oxygens (including phenoxy) is 2. The van der Waals surface area contributed by atoms with E-state index in [0.29, 0.717) is 25.7 Å². The summed E-state index contributed by atoms with van der Waals surface area (Å²) in [6.07, 6.45) is 5.24. The maximum absolute atomic E-state index is 5.56. The van der Waals surface area contributed by atoms with Crippen LogP contribution in [0.2, 0.25) is 0 Å². The summed E-state index contributed by atoms with van der Waals surface area (Å²) in [5.74, 6) is 4.68. The van der Waals surface area contributed by atoms with Gasteiger partial charge < -0.3 is 20.1 Å². The molecule has 0 saturated carbocycles. The first kappa shape index (κ1) is 16.7. The molecule has 0 heterocycles. The van der Waals surface area contributed by atoms with Gasteiger partial charge in [-0.15, -0.1) is 6.42 Å². The van der Waals surface area contributed by atoms with Crippen LogP contribution in [0.25, 0.3) is 0 Å². The van der Waals surface area contributed by atoms with Crippen LogP contribution in [0.1, 0.15) is 19.4 Å². The standard InChI is InChI=1S/C16H23N3O2/c1-5-10-18-16(17-6-2)19-12-13-8-9-14(20-4)15(11-13)21-7-3/h1,8-9,11H,6-7,10,12H2,2-4H3,(H2,17,18,19). The molecule has 0 aliphatic carbocycles. The zero-order chi connectivity index (χ0) is 15.5. The van der Waals surface area contributed by atoms with Crippen molar-refractivity contribution in [3.8, 4) is 23.8 Å². The van der Waals surface area contributed by atoms with Crippen LogP contribution in [0.15, 0.2) is 23.2 Å². The molecule has 2 N–H and O–H groups in total. The lowest BCUT2D eigenvalue weighted by Crippen LogP contribution is -2.37. The first-order chi connectivity index (χ1) is 10.2. The molecule has 5 heteroatoms.